The average Bonchev–Trinajstić information content (AvgIpc) is 2.65. The highest BCUT2D eigenvalue weighted by atomic mass is 16.5. The van der Waals surface area contributed by atoms with E-state index in [9.17, 15) is 4.79 Å². The summed E-state index contributed by atoms with van der Waals surface area (Å²) in [5.74, 6) is -0.213. The van der Waals surface area contributed by atoms with Crippen molar-refractivity contribution in [1.82, 2.24) is 4.90 Å². The van der Waals surface area contributed by atoms with Gasteiger partial charge in [-0.25, -0.2) is 0 Å². The Morgan fingerprint density at radius 2 is 1.62 bits per heavy atom. The normalized spacial score (nSPS) is 10.6. The van der Waals surface area contributed by atoms with Crippen molar-refractivity contribution in [3.8, 4) is 6.07 Å². The molecule has 0 N–H and O–H groups in total. The molecule has 0 aromatic heterocycles. The monoisotopic (exact) mass is 359 g/mol. The van der Waals surface area contributed by atoms with Crippen LogP contribution in [0.3, 0.4) is 0 Å². The van der Waals surface area contributed by atoms with Crippen molar-refractivity contribution < 1.29 is 9.53 Å². The van der Waals surface area contributed by atoms with Crippen LogP contribution in [0.4, 0.5) is 5.69 Å². The molecule has 0 spiro atoms. The molecule has 144 valence electrons. The summed E-state index contributed by atoms with van der Waals surface area (Å²) in [6.45, 7) is 11.1. The number of ether oxygens (including phenoxy) is 1. The van der Waals surface area contributed by atoms with Gasteiger partial charge in [-0.3, -0.25) is 4.79 Å². The van der Waals surface area contributed by atoms with Crippen LogP contribution in [0.15, 0.2) is 24.3 Å². The Labute approximate surface area is 158 Å². The molecule has 1 rings (SSSR count). The molecule has 0 saturated carbocycles. The molecule has 5 heteroatoms. The van der Waals surface area contributed by atoms with Crippen molar-refractivity contribution in [3.05, 3.63) is 29.8 Å². The maximum Gasteiger partial charge on any atom is 0.325 e. The fourth-order valence-corrected chi connectivity index (χ4v) is 3.01. The number of anilines is 1. The number of benzene rings is 1. The second kappa shape index (κ2) is 13.2. The van der Waals surface area contributed by atoms with Gasteiger partial charge in [-0.15, -0.1) is 0 Å². The van der Waals surface area contributed by atoms with Gasteiger partial charge in [0.25, 0.3) is 0 Å². The zero-order chi connectivity index (χ0) is 19.2. The van der Waals surface area contributed by atoms with Crippen molar-refractivity contribution >= 4 is 11.7 Å². The zero-order valence-electron chi connectivity index (χ0n) is 16.5. The lowest BCUT2D eigenvalue weighted by Gasteiger charge is -2.25. The van der Waals surface area contributed by atoms with Crippen LogP contribution in [0, 0.1) is 11.3 Å². The summed E-state index contributed by atoms with van der Waals surface area (Å²) >= 11 is 0. The van der Waals surface area contributed by atoms with Gasteiger partial charge in [0.15, 0.2) is 0 Å². The van der Waals surface area contributed by atoms with Crippen LogP contribution in [0.25, 0.3) is 0 Å². The van der Waals surface area contributed by atoms with Crippen LogP contribution in [-0.2, 0) is 9.53 Å². The smallest absolute Gasteiger partial charge is 0.325 e. The minimum atomic E-state index is -0.213. The third kappa shape index (κ3) is 8.35. The third-order valence-electron chi connectivity index (χ3n) is 4.22. The minimum Gasteiger partial charge on any atom is -0.465 e. The van der Waals surface area contributed by atoms with Crippen molar-refractivity contribution in [3.63, 3.8) is 0 Å². The number of carbonyl (C=O) groups excluding carboxylic acids is 1. The van der Waals surface area contributed by atoms with Crippen LogP contribution in [0.5, 0.6) is 0 Å². The van der Waals surface area contributed by atoms with Gasteiger partial charge in [0.2, 0.25) is 0 Å². The van der Waals surface area contributed by atoms with Gasteiger partial charge < -0.3 is 14.5 Å². The molecule has 5 nitrogen and oxygen atoms in total. The van der Waals surface area contributed by atoms with Gasteiger partial charge in [0.05, 0.1) is 18.2 Å². The van der Waals surface area contributed by atoms with E-state index in [1.807, 2.05) is 24.0 Å². The van der Waals surface area contributed by atoms with Gasteiger partial charge >= 0.3 is 5.97 Å². The quantitative estimate of drug-likeness (QED) is 0.396. The molecule has 0 bridgehead atoms. The summed E-state index contributed by atoms with van der Waals surface area (Å²) < 4.78 is 5.11. The summed E-state index contributed by atoms with van der Waals surface area (Å²) in [7, 11) is 0. The Kier molecular flexibility index (Phi) is 11.1. The molecule has 1 aromatic carbocycles. The predicted octanol–water partition coefficient (Wildman–Crippen LogP) is 3.83. The Morgan fingerprint density at radius 1 is 1.00 bits per heavy atom. The lowest BCUT2D eigenvalue weighted by Crippen LogP contribution is -2.33. The molecule has 1 aromatic rings. The molecule has 0 heterocycles. The van der Waals surface area contributed by atoms with Crippen molar-refractivity contribution in [1.29, 1.82) is 5.26 Å². The fourth-order valence-electron chi connectivity index (χ4n) is 3.01. The molecule has 0 saturated heterocycles. The number of unbranched alkanes of at least 4 members (excludes halogenated alkanes) is 1. The Bertz CT molecular complexity index is 545. The SMILES string of the molecule is CCCN(CCC)CCCCN(CC(=O)OCC)c1ccc(C#N)cc1. The van der Waals surface area contributed by atoms with Crippen molar-refractivity contribution in [2.75, 3.05) is 44.2 Å². The molecule has 0 aliphatic carbocycles. The van der Waals surface area contributed by atoms with E-state index in [1.54, 1.807) is 12.1 Å². The highest BCUT2D eigenvalue weighted by Gasteiger charge is 2.13. The van der Waals surface area contributed by atoms with Gasteiger partial charge in [0, 0.05) is 12.2 Å². The first-order valence-electron chi connectivity index (χ1n) is 9.77. The Morgan fingerprint density at radius 3 is 2.15 bits per heavy atom. The van der Waals surface area contributed by atoms with Gasteiger partial charge in [-0.1, -0.05) is 13.8 Å². The second-order valence-corrected chi connectivity index (χ2v) is 6.43. The van der Waals surface area contributed by atoms with E-state index in [0.29, 0.717) is 12.2 Å². The fraction of sp³-hybridized carbons (Fsp3) is 0.619. The van der Waals surface area contributed by atoms with Crippen LogP contribution in [0.2, 0.25) is 0 Å². The lowest BCUT2D eigenvalue weighted by molar-refractivity contribution is -0.141. The summed E-state index contributed by atoms with van der Waals surface area (Å²) in [5, 5.41) is 8.95. The highest BCUT2D eigenvalue weighted by molar-refractivity contribution is 5.75. The molecule has 0 amide bonds. The molecule has 0 aliphatic heterocycles. The van der Waals surface area contributed by atoms with E-state index < -0.39 is 0 Å². The summed E-state index contributed by atoms with van der Waals surface area (Å²) in [5.41, 5.74) is 1.58. The largest absolute Gasteiger partial charge is 0.465 e. The maximum absolute atomic E-state index is 11.9. The first-order valence-corrected chi connectivity index (χ1v) is 9.77. The third-order valence-corrected chi connectivity index (χ3v) is 4.22. The minimum absolute atomic E-state index is 0.213. The number of rotatable bonds is 13. The predicted molar refractivity (Wildman–Crippen MR) is 106 cm³/mol. The Hall–Kier alpha value is -2.06. The number of nitriles is 1. The number of nitrogens with zero attached hydrogens (tertiary/aromatic N) is 3. The number of esters is 1. The maximum atomic E-state index is 11.9. The molecule has 0 unspecified atom stereocenters. The number of carbonyl (C=O) groups is 1. The van der Waals surface area contributed by atoms with E-state index in [0.717, 1.165) is 44.7 Å². The Balaban J connectivity index is 2.61. The first kappa shape index (κ1) is 22.0. The summed E-state index contributed by atoms with van der Waals surface area (Å²) in [6, 6.07) is 9.51. The van der Waals surface area contributed by atoms with Crippen LogP contribution in [-0.4, -0.2) is 50.2 Å². The molecule has 0 aliphatic rings. The van der Waals surface area contributed by atoms with Gasteiger partial charge in [-0.2, -0.15) is 5.26 Å². The molecule has 26 heavy (non-hydrogen) atoms. The van der Waals surface area contributed by atoms with Crippen LogP contribution < -0.4 is 4.90 Å². The molecule has 0 radical (unpaired) electrons. The van der Waals surface area contributed by atoms with E-state index in [1.165, 1.54) is 12.8 Å². The molecule has 0 fully saturated rings. The van der Waals surface area contributed by atoms with Crippen molar-refractivity contribution in [2.45, 2.75) is 46.5 Å². The molecular formula is C21H33N3O2. The lowest BCUT2D eigenvalue weighted by atomic mass is 10.2. The summed E-state index contributed by atoms with van der Waals surface area (Å²) in [4.78, 5) is 16.5. The van der Waals surface area contributed by atoms with Crippen LogP contribution >= 0.6 is 0 Å². The number of hydrogen-bond donors (Lipinski definition) is 0. The average molecular weight is 360 g/mol. The van der Waals surface area contributed by atoms with Crippen LogP contribution in [0.1, 0.15) is 52.0 Å². The van der Waals surface area contributed by atoms with E-state index in [4.69, 9.17) is 10.00 Å². The van der Waals surface area contributed by atoms with E-state index >= 15 is 0 Å². The van der Waals surface area contributed by atoms with E-state index in [-0.39, 0.29) is 12.5 Å². The van der Waals surface area contributed by atoms with Crippen molar-refractivity contribution in [2.24, 2.45) is 0 Å². The van der Waals surface area contributed by atoms with Gasteiger partial charge in [0.1, 0.15) is 6.54 Å². The highest BCUT2D eigenvalue weighted by Crippen LogP contribution is 2.16. The first-order chi connectivity index (χ1) is 12.6. The van der Waals surface area contributed by atoms with Gasteiger partial charge in [-0.05, 0) is 76.5 Å². The second-order valence-electron chi connectivity index (χ2n) is 6.43. The summed E-state index contributed by atoms with van der Waals surface area (Å²) in [6.07, 6.45) is 4.49. The molecular weight excluding hydrogens is 326 g/mol. The topological polar surface area (TPSA) is 56.6 Å². The number of hydrogen-bond acceptors (Lipinski definition) is 5. The molecule has 0 atom stereocenters. The standard InChI is InChI=1S/C21H33N3O2/c1-4-13-23(14-5-2)15-7-8-16-24(18-21(25)26-6-3)20-11-9-19(17-22)10-12-20/h9-12H,4-8,13-16,18H2,1-3H3. The van der Waals surface area contributed by atoms with E-state index in [2.05, 4.69) is 24.8 Å². The zero-order valence-corrected chi connectivity index (χ0v) is 16.5.